The van der Waals surface area contributed by atoms with Gasteiger partial charge >= 0.3 is 5.97 Å². The number of amides is 2. The van der Waals surface area contributed by atoms with E-state index in [0.29, 0.717) is 17.1 Å². The maximum atomic E-state index is 12.2. The zero-order valence-electron chi connectivity index (χ0n) is 16.7. The Morgan fingerprint density at radius 2 is 1.50 bits per heavy atom. The van der Waals surface area contributed by atoms with Gasteiger partial charge in [0.2, 0.25) is 5.91 Å². The number of nitrogens with one attached hydrogen (secondary N) is 2. The molecule has 0 unspecified atom stereocenters. The summed E-state index contributed by atoms with van der Waals surface area (Å²) in [5, 5.41) is 7.36. The van der Waals surface area contributed by atoms with E-state index in [0.717, 1.165) is 10.8 Å². The fourth-order valence-electron chi connectivity index (χ4n) is 2.77. The molecule has 0 bridgehead atoms. The van der Waals surface area contributed by atoms with Crippen molar-refractivity contribution in [2.45, 2.75) is 20.0 Å². The molecule has 0 saturated carbocycles. The summed E-state index contributed by atoms with van der Waals surface area (Å²) in [6, 6.07) is 19.9. The van der Waals surface area contributed by atoms with Crippen LogP contribution in [0.5, 0.6) is 5.75 Å². The van der Waals surface area contributed by atoms with Crippen LogP contribution in [0.2, 0.25) is 0 Å². The maximum absolute atomic E-state index is 12.2. The highest BCUT2D eigenvalue weighted by Gasteiger charge is 2.18. The van der Waals surface area contributed by atoms with Crippen LogP contribution in [0.4, 0.5) is 11.4 Å². The van der Waals surface area contributed by atoms with E-state index in [-0.39, 0.29) is 12.5 Å². The van der Waals surface area contributed by atoms with Crippen molar-refractivity contribution >= 4 is 39.9 Å². The molecule has 154 valence electrons. The van der Waals surface area contributed by atoms with Crippen molar-refractivity contribution in [1.29, 1.82) is 0 Å². The number of carbonyl (C=O) groups excluding carboxylic acids is 3. The van der Waals surface area contributed by atoms with Gasteiger partial charge in [0.25, 0.3) is 5.91 Å². The van der Waals surface area contributed by atoms with Crippen molar-refractivity contribution in [2.75, 3.05) is 17.2 Å². The Kier molecular flexibility index (Phi) is 6.64. The lowest BCUT2D eigenvalue weighted by atomic mass is 10.1. The maximum Gasteiger partial charge on any atom is 0.344 e. The van der Waals surface area contributed by atoms with Crippen molar-refractivity contribution in [3.05, 3.63) is 66.7 Å². The van der Waals surface area contributed by atoms with Gasteiger partial charge in [-0.05, 0) is 54.1 Å². The Hall–Kier alpha value is -3.87. The molecule has 30 heavy (non-hydrogen) atoms. The van der Waals surface area contributed by atoms with E-state index in [1.807, 2.05) is 36.4 Å². The second-order valence-corrected chi connectivity index (χ2v) is 6.68. The fraction of sp³-hybridized carbons (Fsp3) is 0.174. The third-order valence-corrected chi connectivity index (χ3v) is 4.23. The molecule has 0 aliphatic carbocycles. The van der Waals surface area contributed by atoms with Gasteiger partial charge in [-0.2, -0.15) is 0 Å². The molecule has 2 amide bonds. The molecule has 7 nitrogen and oxygen atoms in total. The first kappa shape index (κ1) is 20.9. The highest BCUT2D eigenvalue weighted by atomic mass is 16.6. The van der Waals surface area contributed by atoms with Crippen molar-refractivity contribution < 1.29 is 23.9 Å². The lowest BCUT2D eigenvalue weighted by molar-refractivity contribution is -0.155. The summed E-state index contributed by atoms with van der Waals surface area (Å²) in [5.74, 6) is -0.756. The molecule has 0 heterocycles. The zero-order chi connectivity index (χ0) is 21.5. The van der Waals surface area contributed by atoms with E-state index in [1.165, 1.54) is 13.8 Å². The molecule has 0 aliphatic heterocycles. The monoisotopic (exact) mass is 406 g/mol. The van der Waals surface area contributed by atoms with Crippen LogP contribution >= 0.6 is 0 Å². The standard InChI is InChI=1S/C23H22N2O5/c1-15(23(28)25-20-10-8-19(9-11-20)24-16(2)26)30-22(27)14-29-21-12-7-17-5-3-4-6-18(17)13-21/h3-13,15H,14H2,1-2H3,(H,24,26)(H,25,28)/t15-/m0/s1. The van der Waals surface area contributed by atoms with Gasteiger partial charge in [-0.15, -0.1) is 0 Å². The first-order valence-corrected chi connectivity index (χ1v) is 9.40. The quantitative estimate of drug-likeness (QED) is 0.583. The Balaban J connectivity index is 1.48. The average Bonchev–Trinajstić information content (AvgIpc) is 2.73. The third-order valence-electron chi connectivity index (χ3n) is 4.23. The van der Waals surface area contributed by atoms with Crippen LogP contribution in [0, 0.1) is 0 Å². The minimum absolute atomic E-state index is 0.182. The highest BCUT2D eigenvalue weighted by Crippen LogP contribution is 2.20. The minimum atomic E-state index is -0.993. The predicted octanol–water partition coefficient (Wildman–Crippen LogP) is 3.75. The van der Waals surface area contributed by atoms with E-state index < -0.39 is 18.0 Å². The largest absolute Gasteiger partial charge is 0.482 e. The topological polar surface area (TPSA) is 93.7 Å². The van der Waals surface area contributed by atoms with E-state index in [2.05, 4.69) is 10.6 Å². The lowest BCUT2D eigenvalue weighted by Crippen LogP contribution is -2.31. The van der Waals surface area contributed by atoms with Crippen LogP contribution in [0.1, 0.15) is 13.8 Å². The number of hydrogen-bond donors (Lipinski definition) is 2. The number of benzene rings is 3. The summed E-state index contributed by atoms with van der Waals surface area (Å²) in [7, 11) is 0. The van der Waals surface area contributed by atoms with Gasteiger partial charge in [0.05, 0.1) is 0 Å². The van der Waals surface area contributed by atoms with Gasteiger partial charge in [0.1, 0.15) is 5.75 Å². The van der Waals surface area contributed by atoms with Gasteiger partial charge in [0, 0.05) is 18.3 Å². The molecule has 2 N–H and O–H groups in total. The summed E-state index contributed by atoms with van der Waals surface area (Å²) in [6.07, 6.45) is -0.993. The van der Waals surface area contributed by atoms with Crippen LogP contribution in [0.25, 0.3) is 10.8 Å². The second-order valence-electron chi connectivity index (χ2n) is 6.68. The van der Waals surface area contributed by atoms with Crippen LogP contribution < -0.4 is 15.4 Å². The lowest BCUT2D eigenvalue weighted by Gasteiger charge is -2.14. The Bertz CT molecular complexity index is 1060. The first-order valence-electron chi connectivity index (χ1n) is 9.40. The zero-order valence-corrected chi connectivity index (χ0v) is 16.7. The van der Waals surface area contributed by atoms with Crippen LogP contribution in [0.3, 0.4) is 0 Å². The van der Waals surface area contributed by atoms with Crippen LogP contribution in [0.15, 0.2) is 66.7 Å². The number of hydrogen-bond acceptors (Lipinski definition) is 5. The molecule has 3 rings (SSSR count). The van der Waals surface area contributed by atoms with E-state index in [9.17, 15) is 14.4 Å². The molecular formula is C23H22N2O5. The molecule has 0 fully saturated rings. The summed E-state index contributed by atoms with van der Waals surface area (Å²) in [5.41, 5.74) is 1.13. The molecule has 3 aromatic rings. The van der Waals surface area contributed by atoms with Gasteiger partial charge in [-0.25, -0.2) is 4.79 Å². The van der Waals surface area contributed by atoms with Crippen molar-refractivity contribution in [3.8, 4) is 5.75 Å². The average molecular weight is 406 g/mol. The Morgan fingerprint density at radius 3 is 2.17 bits per heavy atom. The molecule has 7 heteroatoms. The normalized spacial score (nSPS) is 11.4. The van der Waals surface area contributed by atoms with Crippen molar-refractivity contribution in [1.82, 2.24) is 0 Å². The molecular weight excluding hydrogens is 384 g/mol. The van der Waals surface area contributed by atoms with Gasteiger partial charge in [-0.3, -0.25) is 9.59 Å². The van der Waals surface area contributed by atoms with Crippen molar-refractivity contribution in [2.24, 2.45) is 0 Å². The predicted molar refractivity (Wildman–Crippen MR) is 114 cm³/mol. The minimum Gasteiger partial charge on any atom is -0.482 e. The third kappa shape index (κ3) is 5.81. The van der Waals surface area contributed by atoms with Crippen LogP contribution in [-0.4, -0.2) is 30.5 Å². The smallest absolute Gasteiger partial charge is 0.344 e. The summed E-state index contributed by atoms with van der Waals surface area (Å²) in [6.45, 7) is 2.59. The number of carbonyl (C=O) groups is 3. The Morgan fingerprint density at radius 1 is 0.867 bits per heavy atom. The first-order chi connectivity index (χ1) is 14.4. The van der Waals surface area contributed by atoms with E-state index in [1.54, 1.807) is 30.3 Å². The van der Waals surface area contributed by atoms with Gasteiger partial charge < -0.3 is 20.1 Å². The van der Waals surface area contributed by atoms with Gasteiger partial charge in [-0.1, -0.05) is 30.3 Å². The summed E-state index contributed by atoms with van der Waals surface area (Å²) >= 11 is 0. The molecule has 0 aromatic heterocycles. The number of rotatable bonds is 7. The molecule has 0 radical (unpaired) electrons. The number of anilines is 2. The highest BCUT2D eigenvalue weighted by molar-refractivity contribution is 5.95. The van der Waals surface area contributed by atoms with E-state index in [4.69, 9.17) is 9.47 Å². The number of esters is 1. The van der Waals surface area contributed by atoms with E-state index >= 15 is 0 Å². The summed E-state index contributed by atoms with van der Waals surface area (Å²) < 4.78 is 10.6. The van der Waals surface area contributed by atoms with Gasteiger partial charge in [0.15, 0.2) is 12.7 Å². The number of ether oxygens (including phenoxy) is 2. The molecule has 3 aromatic carbocycles. The molecule has 1 atom stereocenters. The van der Waals surface area contributed by atoms with Crippen LogP contribution in [-0.2, 0) is 19.1 Å². The SMILES string of the molecule is CC(=O)Nc1ccc(NC(=O)[C@H](C)OC(=O)COc2ccc3ccccc3c2)cc1. The molecule has 0 aliphatic rings. The summed E-state index contributed by atoms with van der Waals surface area (Å²) in [4.78, 5) is 35.3. The molecule has 0 saturated heterocycles. The van der Waals surface area contributed by atoms with Crippen molar-refractivity contribution in [3.63, 3.8) is 0 Å². The molecule has 0 spiro atoms. The fourth-order valence-corrected chi connectivity index (χ4v) is 2.77. The number of fused-ring (bicyclic) bond motifs is 1. The Labute approximate surface area is 174 Å². The second kappa shape index (κ2) is 9.56.